The Morgan fingerprint density at radius 2 is 2.10 bits per heavy atom. The van der Waals surface area contributed by atoms with Gasteiger partial charge in [0.25, 0.3) is 0 Å². The summed E-state index contributed by atoms with van der Waals surface area (Å²) in [6.45, 7) is 4.93. The maximum absolute atomic E-state index is 12.7. The Hall–Kier alpha value is -0.110. The van der Waals surface area contributed by atoms with E-state index in [0.29, 0.717) is 18.5 Å². The van der Waals surface area contributed by atoms with E-state index >= 15 is 0 Å². The lowest BCUT2D eigenvalue weighted by Crippen LogP contribution is -2.29. The zero-order chi connectivity index (χ0) is 7.72. The summed E-state index contributed by atoms with van der Waals surface area (Å²) in [5.41, 5.74) is 0. The van der Waals surface area contributed by atoms with Gasteiger partial charge < -0.3 is 4.90 Å². The van der Waals surface area contributed by atoms with E-state index in [1.807, 2.05) is 7.05 Å². The van der Waals surface area contributed by atoms with Crippen LogP contribution in [-0.2, 0) is 0 Å². The predicted molar refractivity (Wildman–Crippen MR) is 40.8 cm³/mol. The quantitative estimate of drug-likeness (QED) is 0.542. The SMILES string of the molecule is CC(C)C1CC(F)CN1C. The van der Waals surface area contributed by atoms with Crippen molar-refractivity contribution >= 4 is 0 Å². The molecule has 1 aliphatic rings. The first-order valence-corrected chi connectivity index (χ1v) is 3.95. The summed E-state index contributed by atoms with van der Waals surface area (Å²) >= 11 is 0. The second-order valence-electron chi connectivity index (χ2n) is 3.58. The summed E-state index contributed by atoms with van der Waals surface area (Å²) in [5.74, 6) is 0.589. The molecule has 0 aromatic heterocycles. The third-order valence-electron chi connectivity index (χ3n) is 2.32. The van der Waals surface area contributed by atoms with Crippen molar-refractivity contribution in [1.82, 2.24) is 4.90 Å². The standard InChI is InChI=1S/C8H16FN/c1-6(2)8-4-7(9)5-10(8)3/h6-8H,4-5H2,1-3H3. The molecule has 2 heteroatoms. The monoisotopic (exact) mass is 145 g/mol. The van der Waals surface area contributed by atoms with Crippen LogP contribution in [0.25, 0.3) is 0 Å². The zero-order valence-electron chi connectivity index (χ0n) is 6.97. The smallest absolute Gasteiger partial charge is 0.114 e. The number of alkyl halides is 1. The molecule has 0 spiro atoms. The van der Waals surface area contributed by atoms with Crippen molar-refractivity contribution in [3.05, 3.63) is 0 Å². The molecule has 0 bridgehead atoms. The van der Waals surface area contributed by atoms with Gasteiger partial charge in [0.05, 0.1) is 0 Å². The molecule has 0 aromatic rings. The van der Waals surface area contributed by atoms with Gasteiger partial charge >= 0.3 is 0 Å². The van der Waals surface area contributed by atoms with Crippen LogP contribution in [0.3, 0.4) is 0 Å². The van der Waals surface area contributed by atoms with E-state index in [-0.39, 0.29) is 0 Å². The highest BCUT2D eigenvalue weighted by molar-refractivity contribution is 4.84. The molecule has 0 aromatic carbocycles. The van der Waals surface area contributed by atoms with Gasteiger partial charge in [-0.2, -0.15) is 0 Å². The second kappa shape index (κ2) is 2.87. The highest BCUT2D eigenvalue weighted by Gasteiger charge is 2.30. The van der Waals surface area contributed by atoms with E-state index in [1.54, 1.807) is 0 Å². The molecule has 2 atom stereocenters. The van der Waals surface area contributed by atoms with Gasteiger partial charge in [0.1, 0.15) is 6.17 Å². The first-order chi connectivity index (χ1) is 4.61. The minimum absolute atomic E-state index is 0.468. The maximum Gasteiger partial charge on any atom is 0.114 e. The molecule has 1 heterocycles. The lowest BCUT2D eigenvalue weighted by molar-refractivity contribution is 0.248. The van der Waals surface area contributed by atoms with Gasteiger partial charge in [0, 0.05) is 12.6 Å². The molecule has 2 unspecified atom stereocenters. The highest BCUT2D eigenvalue weighted by atomic mass is 19.1. The summed E-state index contributed by atoms with van der Waals surface area (Å²) < 4.78 is 12.7. The van der Waals surface area contributed by atoms with Crippen LogP contribution in [0.5, 0.6) is 0 Å². The van der Waals surface area contributed by atoms with Gasteiger partial charge in [-0.1, -0.05) is 13.8 Å². The van der Waals surface area contributed by atoms with Gasteiger partial charge in [0.15, 0.2) is 0 Å². The number of hydrogen-bond acceptors (Lipinski definition) is 1. The number of likely N-dealkylation sites (tertiary alicyclic amines) is 1. The number of nitrogens with zero attached hydrogens (tertiary/aromatic N) is 1. The topological polar surface area (TPSA) is 3.24 Å². The molecule has 1 rings (SSSR count). The molecule has 1 nitrogen and oxygen atoms in total. The summed E-state index contributed by atoms with van der Waals surface area (Å²) in [7, 11) is 2.00. The van der Waals surface area contributed by atoms with Crippen molar-refractivity contribution in [2.24, 2.45) is 5.92 Å². The summed E-state index contributed by atoms with van der Waals surface area (Å²) in [6, 6.07) is 0.468. The fourth-order valence-corrected chi connectivity index (χ4v) is 1.75. The van der Waals surface area contributed by atoms with Crippen molar-refractivity contribution < 1.29 is 4.39 Å². The maximum atomic E-state index is 12.7. The van der Waals surface area contributed by atoms with Crippen molar-refractivity contribution in [2.75, 3.05) is 13.6 Å². The van der Waals surface area contributed by atoms with E-state index in [1.165, 1.54) is 0 Å². The van der Waals surface area contributed by atoms with Gasteiger partial charge in [-0.15, -0.1) is 0 Å². The fourth-order valence-electron chi connectivity index (χ4n) is 1.75. The molecule has 0 radical (unpaired) electrons. The lowest BCUT2D eigenvalue weighted by Gasteiger charge is -2.22. The van der Waals surface area contributed by atoms with Crippen LogP contribution in [-0.4, -0.2) is 30.7 Å². The van der Waals surface area contributed by atoms with Gasteiger partial charge in [-0.3, -0.25) is 0 Å². The van der Waals surface area contributed by atoms with E-state index in [0.717, 1.165) is 6.42 Å². The second-order valence-corrected chi connectivity index (χ2v) is 3.58. The fraction of sp³-hybridized carbons (Fsp3) is 1.00. The summed E-state index contributed by atoms with van der Waals surface area (Å²) in [5, 5.41) is 0. The first-order valence-electron chi connectivity index (χ1n) is 3.95. The minimum atomic E-state index is -0.586. The molecular weight excluding hydrogens is 129 g/mol. The Balaban J connectivity index is 2.46. The van der Waals surface area contributed by atoms with Crippen LogP contribution < -0.4 is 0 Å². The van der Waals surface area contributed by atoms with Crippen LogP contribution in [0, 0.1) is 5.92 Å². The van der Waals surface area contributed by atoms with Crippen LogP contribution in [0.15, 0.2) is 0 Å². The van der Waals surface area contributed by atoms with Crippen molar-refractivity contribution in [3.63, 3.8) is 0 Å². The normalized spacial score (nSPS) is 35.7. The largest absolute Gasteiger partial charge is 0.300 e. The van der Waals surface area contributed by atoms with Crippen molar-refractivity contribution in [2.45, 2.75) is 32.5 Å². The molecule has 0 aliphatic carbocycles. The van der Waals surface area contributed by atoms with Crippen LogP contribution in [0.2, 0.25) is 0 Å². The van der Waals surface area contributed by atoms with Crippen molar-refractivity contribution in [3.8, 4) is 0 Å². The lowest BCUT2D eigenvalue weighted by atomic mass is 10.0. The Labute approximate surface area is 62.2 Å². The molecule has 10 heavy (non-hydrogen) atoms. The Kier molecular flexibility index (Phi) is 2.29. The third kappa shape index (κ3) is 1.48. The molecule has 60 valence electrons. The Morgan fingerprint density at radius 3 is 2.30 bits per heavy atom. The minimum Gasteiger partial charge on any atom is -0.300 e. The van der Waals surface area contributed by atoms with E-state index in [4.69, 9.17) is 0 Å². The number of rotatable bonds is 1. The van der Waals surface area contributed by atoms with E-state index in [9.17, 15) is 4.39 Å². The van der Waals surface area contributed by atoms with Crippen LogP contribution >= 0.6 is 0 Å². The Bertz CT molecular complexity index is 114. The average Bonchev–Trinajstić information content (AvgIpc) is 2.10. The molecule has 1 aliphatic heterocycles. The first kappa shape index (κ1) is 7.99. The Morgan fingerprint density at radius 1 is 1.50 bits per heavy atom. The molecule has 1 fully saturated rings. The predicted octanol–water partition coefficient (Wildman–Crippen LogP) is 1.68. The van der Waals surface area contributed by atoms with Gasteiger partial charge in [-0.05, 0) is 19.4 Å². The molecule has 0 N–H and O–H groups in total. The molecular formula is C8H16FN. The third-order valence-corrected chi connectivity index (χ3v) is 2.32. The summed E-state index contributed by atoms with van der Waals surface area (Å²) in [6.07, 6.45) is 0.145. The zero-order valence-corrected chi connectivity index (χ0v) is 6.97. The van der Waals surface area contributed by atoms with Crippen LogP contribution in [0.4, 0.5) is 4.39 Å². The highest BCUT2D eigenvalue weighted by Crippen LogP contribution is 2.23. The number of hydrogen-bond donors (Lipinski definition) is 0. The molecule has 0 saturated carbocycles. The summed E-state index contributed by atoms with van der Waals surface area (Å²) in [4.78, 5) is 2.12. The molecule has 0 amide bonds. The number of halogens is 1. The van der Waals surface area contributed by atoms with Crippen LogP contribution in [0.1, 0.15) is 20.3 Å². The van der Waals surface area contributed by atoms with E-state index in [2.05, 4.69) is 18.7 Å². The molecule has 1 saturated heterocycles. The van der Waals surface area contributed by atoms with E-state index < -0.39 is 6.17 Å². The van der Waals surface area contributed by atoms with Crippen molar-refractivity contribution in [1.29, 1.82) is 0 Å². The van der Waals surface area contributed by atoms with Gasteiger partial charge in [0.2, 0.25) is 0 Å². The van der Waals surface area contributed by atoms with Gasteiger partial charge in [-0.25, -0.2) is 4.39 Å². The average molecular weight is 145 g/mol.